The molecule has 0 saturated carbocycles. The van der Waals surface area contributed by atoms with Crippen molar-refractivity contribution in [3.05, 3.63) is 46.8 Å². The maximum Gasteiger partial charge on any atom is 0.248 e. The van der Waals surface area contributed by atoms with Crippen molar-refractivity contribution < 1.29 is 0 Å². The number of H-pyrrole nitrogens is 1. The smallest absolute Gasteiger partial charge is 0.248 e. The molecule has 0 aliphatic carbocycles. The van der Waals surface area contributed by atoms with Gasteiger partial charge in [-0.15, -0.1) is 0 Å². The maximum atomic E-state index is 10.8. The van der Waals surface area contributed by atoms with Gasteiger partial charge in [-0.3, -0.25) is 4.79 Å². The molecular formula is C9H10NOP. The summed E-state index contributed by atoms with van der Waals surface area (Å²) in [5, 5.41) is 1.06. The summed E-state index contributed by atoms with van der Waals surface area (Å²) in [5.74, 6) is 0. The molecule has 0 saturated heterocycles. The monoisotopic (exact) mass is 179 g/mol. The van der Waals surface area contributed by atoms with Gasteiger partial charge in [-0.1, -0.05) is 18.2 Å². The third kappa shape index (κ3) is 1.54. The number of aromatic amines is 1. The minimum atomic E-state index is -0.0521. The second-order valence-electron chi connectivity index (χ2n) is 2.41. The first-order valence-electron chi connectivity index (χ1n) is 3.44. The van der Waals surface area contributed by atoms with Gasteiger partial charge in [0.25, 0.3) is 0 Å². The fourth-order valence-electron chi connectivity index (χ4n) is 1.10. The molecular weight excluding hydrogens is 169 g/mol. The van der Waals surface area contributed by atoms with Gasteiger partial charge >= 0.3 is 0 Å². The van der Waals surface area contributed by atoms with Crippen LogP contribution in [0.25, 0.3) is 10.9 Å². The Morgan fingerprint density at radius 1 is 1.00 bits per heavy atom. The molecule has 0 fully saturated rings. The highest BCUT2D eigenvalue weighted by molar-refractivity contribution is 6.92. The molecule has 0 spiro atoms. The van der Waals surface area contributed by atoms with Crippen molar-refractivity contribution in [1.82, 2.24) is 4.98 Å². The molecule has 3 heteroatoms. The van der Waals surface area contributed by atoms with E-state index in [1.807, 2.05) is 30.3 Å². The van der Waals surface area contributed by atoms with Crippen LogP contribution in [-0.4, -0.2) is 4.98 Å². The van der Waals surface area contributed by atoms with Gasteiger partial charge in [0.2, 0.25) is 5.56 Å². The lowest BCUT2D eigenvalue weighted by atomic mass is 10.2. The van der Waals surface area contributed by atoms with Crippen LogP contribution in [0.1, 0.15) is 0 Å². The van der Waals surface area contributed by atoms with Crippen molar-refractivity contribution in [1.29, 1.82) is 0 Å². The summed E-state index contributed by atoms with van der Waals surface area (Å²) in [7, 11) is 0. The second kappa shape index (κ2) is 3.51. The number of fused-ring (bicyclic) bond motifs is 1. The van der Waals surface area contributed by atoms with E-state index in [1.54, 1.807) is 0 Å². The summed E-state index contributed by atoms with van der Waals surface area (Å²) in [6.07, 6.45) is 0. The molecule has 12 heavy (non-hydrogen) atoms. The molecule has 1 aromatic carbocycles. The van der Waals surface area contributed by atoms with Crippen molar-refractivity contribution in [2.75, 3.05) is 0 Å². The number of pyridine rings is 1. The first kappa shape index (κ1) is 8.95. The van der Waals surface area contributed by atoms with Gasteiger partial charge in [0.05, 0.1) is 0 Å². The summed E-state index contributed by atoms with van der Waals surface area (Å²) >= 11 is 0. The van der Waals surface area contributed by atoms with Gasteiger partial charge in [0.1, 0.15) is 0 Å². The number of aromatic nitrogens is 1. The third-order valence-electron chi connectivity index (χ3n) is 1.63. The Balaban J connectivity index is 0.000000720. The summed E-state index contributed by atoms with van der Waals surface area (Å²) < 4.78 is 0. The van der Waals surface area contributed by atoms with Gasteiger partial charge in [0.15, 0.2) is 0 Å². The zero-order chi connectivity index (χ0) is 7.68. The molecule has 0 aliphatic heterocycles. The topological polar surface area (TPSA) is 32.9 Å². The van der Waals surface area contributed by atoms with E-state index in [0.29, 0.717) is 0 Å². The lowest BCUT2D eigenvalue weighted by Crippen LogP contribution is -2.01. The van der Waals surface area contributed by atoms with Gasteiger partial charge < -0.3 is 4.98 Å². The third-order valence-corrected chi connectivity index (χ3v) is 1.63. The Kier molecular flexibility index (Phi) is 2.61. The highest BCUT2D eigenvalue weighted by Gasteiger charge is 1.89. The minimum absolute atomic E-state index is 0. The zero-order valence-electron chi connectivity index (χ0n) is 6.58. The van der Waals surface area contributed by atoms with Crippen molar-refractivity contribution in [2.24, 2.45) is 0 Å². The number of hydrogen-bond acceptors (Lipinski definition) is 1. The van der Waals surface area contributed by atoms with Crippen LogP contribution >= 0.6 is 9.90 Å². The van der Waals surface area contributed by atoms with Crippen LogP contribution in [0.3, 0.4) is 0 Å². The van der Waals surface area contributed by atoms with Crippen LogP contribution < -0.4 is 5.56 Å². The number of hydrogen-bond donors (Lipinski definition) is 1. The predicted octanol–water partition coefficient (Wildman–Crippen LogP) is 1.59. The molecule has 62 valence electrons. The number of rotatable bonds is 0. The SMILES string of the molecule is O=c1ccc2ccccc2[nH]1.P. The van der Waals surface area contributed by atoms with Crippen LogP contribution in [-0.2, 0) is 0 Å². The van der Waals surface area contributed by atoms with Crippen LogP contribution in [0.2, 0.25) is 0 Å². The molecule has 1 unspecified atom stereocenters. The maximum absolute atomic E-state index is 10.8. The Bertz CT molecular complexity index is 435. The van der Waals surface area contributed by atoms with Crippen molar-refractivity contribution in [3.8, 4) is 0 Å². The predicted molar refractivity (Wildman–Crippen MR) is 55.7 cm³/mol. The molecule has 2 nitrogen and oxygen atoms in total. The summed E-state index contributed by atoms with van der Waals surface area (Å²) in [4.78, 5) is 13.6. The molecule has 2 rings (SSSR count). The normalized spacial score (nSPS) is 9.33. The highest BCUT2D eigenvalue weighted by Crippen LogP contribution is 2.06. The average Bonchev–Trinajstić information content (AvgIpc) is 2.04. The highest BCUT2D eigenvalue weighted by atomic mass is 31.0. The van der Waals surface area contributed by atoms with Crippen molar-refractivity contribution in [2.45, 2.75) is 0 Å². The molecule has 0 radical (unpaired) electrons. The fraction of sp³-hybridized carbons (Fsp3) is 0. The molecule has 0 bridgehead atoms. The summed E-state index contributed by atoms with van der Waals surface area (Å²) in [6, 6.07) is 11.0. The van der Waals surface area contributed by atoms with Crippen molar-refractivity contribution in [3.63, 3.8) is 0 Å². The Morgan fingerprint density at radius 3 is 2.58 bits per heavy atom. The van der Waals surface area contributed by atoms with E-state index in [0.717, 1.165) is 10.9 Å². The number of nitrogens with one attached hydrogen (secondary N) is 1. The first-order valence-corrected chi connectivity index (χ1v) is 3.44. The van der Waals surface area contributed by atoms with Crippen LogP contribution in [0.15, 0.2) is 41.2 Å². The Hall–Kier alpha value is -1.14. The molecule has 1 atom stereocenters. The molecule has 2 aromatic rings. The molecule has 0 aliphatic rings. The second-order valence-corrected chi connectivity index (χ2v) is 2.41. The average molecular weight is 179 g/mol. The molecule has 1 N–H and O–H groups in total. The van der Waals surface area contributed by atoms with Gasteiger partial charge in [-0.2, -0.15) is 9.90 Å². The van der Waals surface area contributed by atoms with Crippen LogP contribution in [0.5, 0.6) is 0 Å². The van der Waals surface area contributed by atoms with Gasteiger partial charge in [-0.05, 0) is 17.5 Å². The molecule has 1 aromatic heterocycles. The van der Waals surface area contributed by atoms with E-state index in [9.17, 15) is 4.79 Å². The van der Waals surface area contributed by atoms with E-state index in [-0.39, 0.29) is 15.5 Å². The van der Waals surface area contributed by atoms with Crippen LogP contribution in [0, 0.1) is 0 Å². The first-order chi connectivity index (χ1) is 5.36. The van der Waals surface area contributed by atoms with E-state index >= 15 is 0 Å². The molecule has 1 heterocycles. The standard InChI is InChI=1S/C9H7NO.H3P/c11-9-6-5-7-3-1-2-4-8(7)10-9;/h1-6H,(H,10,11);1H3. The van der Waals surface area contributed by atoms with E-state index in [1.165, 1.54) is 6.07 Å². The molecule has 0 amide bonds. The quantitative estimate of drug-likeness (QED) is 0.612. The minimum Gasteiger partial charge on any atom is -0.322 e. The van der Waals surface area contributed by atoms with Gasteiger partial charge in [-0.25, -0.2) is 0 Å². The summed E-state index contributed by atoms with van der Waals surface area (Å²) in [5.41, 5.74) is 0.837. The van der Waals surface area contributed by atoms with E-state index < -0.39 is 0 Å². The lowest BCUT2D eigenvalue weighted by molar-refractivity contribution is 1.31. The van der Waals surface area contributed by atoms with E-state index in [2.05, 4.69) is 4.98 Å². The zero-order valence-corrected chi connectivity index (χ0v) is 7.99. The number of benzene rings is 1. The van der Waals surface area contributed by atoms with Crippen molar-refractivity contribution >= 4 is 20.8 Å². The lowest BCUT2D eigenvalue weighted by Gasteiger charge is -1.93. The van der Waals surface area contributed by atoms with Crippen LogP contribution in [0.4, 0.5) is 0 Å². The number of para-hydroxylation sites is 1. The fourth-order valence-corrected chi connectivity index (χ4v) is 1.10. The van der Waals surface area contributed by atoms with Gasteiger partial charge in [0, 0.05) is 11.6 Å². The van der Waals surface area contributed by atoms with E-state index in [4.69, 9.17) is 0 Å². The Labute approximate surface area is 73.2 Å². The Morgan fingerprint density at radius 2 is 1.75 bits per heavy atom. The largest absolute Gasteiger partial charge is 0.322 e. The summed E-state index contributed by atoms with van der Waals surface area (Å²) in [6.45, 7) is 0.